The number of amides is 1. The first-order chi connectivity index (χ1) is 20.1. The molecule has 0 bridgehead atoms. The zero-order valence-electron chi connectivity index (χ0n) is 23.1. The summed E-state index contributed by atoms with van der Waals surface area (Å²) in [6.07, 6.45) is 12.3. The Bertz CT molecular complexity index is 1610. The van der Waals surface area contributed by atoms with Crippen LogP contribution in [0.2, 0.25) is 0 Å². The van der Waals surface area contributed by atoms with Crippen molar-refractivity contribution in [3.05, 3.63) is 78.0 Å². The number of ether oxygens (including phenoxy) is 2. The van der Waals surface area contributed by atoms with Crippen molar-refractivity contribution >= 4 is 50.7 Å². The van der Waals surface area contributed by atoms with E-state index in [-0.39, 0.29) is 11.4 Å². The topological polar surface area (TPSA) is 92.3 Å². The van der Waals surface area contributed by atoms with Gasteiger partial charge in [-0.15, -0.1) is 6.58 Å². The summed E-state index contributed by atoms with van der Waals surface area (Å²) in [6.45, 7) is 4.82. The summed E-state index contributed by atoms with van der Waals surface area (Å²) in [5, 5.41) is 17.6. The van der Waals surface area contributed by atoms with Gasteiger partial charge in [0.1, 0.15) is 11.7 Å². The summed E-state index contributed by atoms with van der Waals surface area (Å²) in [5.41, 5.74) is 3.22. The Balaban J connectivity index is 1.23. The van der Waals surface area contributed by atoms with Crippen LogP contribution in [0.4, 0.5) is 0 Å². The largest absolute Gasteiger partial charge is 0.493 e. The standard InChI is InChI=1S/C32H33N5O3S/c1-3-9-21-14-15-27(28(18-21)39-2)40-17-16-36-20-23(24-12-7-8-13-26(24)36)19-25-29(33)37-32(34-30(25)38)41-31(35-37)22-10-5-4-6-11-22/h3,7-8,12-15,18-20,22,33H,1,4-6,9-11,16-17H2,2H3/b25-19+,33-29?. The lowest BCUT2D eigenvalue weighted by atomic mass is 9.90. The van der Waals surface area contributed by atoms with Crippen LogP contribution in [0, 0.1) is 11.3 Å². The van der Waals surface area contributed by atoms with Gasteiger partial charge in [-0.05, 0) is 60.9 Å². The number of hydrogen-bond acceptors (Lipinski definition) is 6. The number of thioether (sulfide) groups is 1. The molecule has 1 amide bonds. The van der Waals surface area contributed by atoms with Crippen molar-refractivity contribution in [3.63, 3.8) is 0 Å². The lowest BCUT2D eigenvalue weighted by Gasteiger charge is -2.20. The maximum atomic E-state index is 13.1. The van der Waals surface area contributed by atoms with Crippen LogP contribution in [-0.4, -0.2) is 45.2 Å². The Hall–Kier alpha value is -4.11. The molecule has 3 aliphatic rings. The van der Waals surface area contributed by atoms with Crippen LogP contribution in [0.3, 0.4) is 0 Å². The van der Waals surface area contributed by atoms with Crippen molar-refractivity contribution in [2.24, 2.45) is 16.0 Å². The van der Waals surface area contributed by atoms with Gasteiger partial charge in [0.25, 0.3) is 5.91 Å². The van der Waals surface area contributed by atoms with Gasteiger partial charge in [0.2, 0.25) is 5.17 Å². The van der Waals surface area contributed by atoms with Crippen molar-refractivity contribution in [3.8, 4) is 11.5 Å². The number of hydrogen-bond donors (Lipinski definition) is 1. The predicted octanol–water partition coefficient (Wildman–Crippen LogP) is 6.66. The molecule has 0 spiro atoms. The number of rotatable bonds is 9. The van der Waals surface area contributed by atoms with Gasteiger partial charge < -0.3 is 14.0 Å². The third-order valence-electron chi connectivity index (χ3n) is 7.74. The predicted molar refractivity (Wildman–Crippen MR) is 166 cm³/mol. The first-order valence-corrected chi connectivity index (χ1v) is 14.9. The first kappa shape index (κ1) is 27.1. The van der Waals surface area contributed by atoms with E-state index in [1.165, 1.54) is 36.0 Å². The Morgan fingerprint density at radius 3 is 2.78 bits per heavy atom. The molecular weight excluding hydrogens is 534 g/mol. The number of fused-ring (bicyclic) bond motifs is 2. The van der Waals surface area contributed by atoms with Crippen LogP contribution in [0.25, 0.3) is 17.0 Å². The maximum Gasteiger partial charge on any atom is 0.283 e. The fourth-order valence-electron chi connectivity index (χ4n) is 5.63. The molecular formula is C32H33N5O3S. The average Bonchev–Trinajstić information content (AvgIpc) is 3.58. The molecule has 1 fully saturated rings. The molecule has 0 radical (unpaired) electrons. The Morgan fingerprint density at radius 2 is 1.98 bits per heavy atom. The molecule has 6 rings (SSSR count). The average molecular weight is 568 g/mol. The van der Waals surface area contributed by atoms with Crippen LogP contribution in [-0.2, 0) is 17.8 Å². The zero-order valence-corrected chi connectivity index (χ0v) is 24.0. The molecule has 2 aliphatic heterocycles. The van der Waals surface area contributed by atoms with Crippen LogP contribution in [0.5, 0.6) is 11.5 Å². The van der Waals surface area contributed by atoms with E-state index in [1.807, 2.05) is 54.7 Å². The van der Waals surface area contributed by atoms with E-state index in [9.17, 15) is 4.79 Å². The minimum Gasteiger partial charge on any atom is -0.493 e. The first-order valence-electron chi connectivity index (χ1n) is 14.0. The number of para-hydroxylation sites is 1. The minimum absolute atomic E-state index is 0.0745. The molecule has 3 heterocycles. The molecule has 1 aromatic heterocycles. The maximum absolute atomic E-state index is 13.1. The highest BCUT2D eigenvalue weighted by Crippen LogP contribution is 2.36. The Morgan fingerprint density at radius 1 is 1.15 bits per heavy atom. The number of nitrogens with zero attached hydrogens (tertiary/aromatic N) is 4. The zero-order chi connectivity index (χ0) is 28.3. The molecule has 0 atom stereocenters. The van der Waals surface area contributed by atoms with E-state index in [2.05, 4.69) is 16.1 Å². The third kappa shape index (κ3) is 5.46. The van der Waals surface area contributed by atoms with E-state index >= 15 is 0 Å². The quantitative estimate of drug-likeness (QED) is 0.231. The molecule has 2 aromatic carbocycles. The van der Waals surface area contributed by atoms with E-state index in [0.29, 0.717) is 35.7 Å². The number of benzene rings is 2. The molecule has 1 N–H and O–H groups in total. The van der Waals surface area contributed by atoms with E-state index in [4.69, 9.17) is 20.0 Å². The molecule has 1 aliphatic carbocycles. The van der Waals surface area contributed by atoms with Gasteiger partial charge >= 0.3 is 0 Å². The third-order valence-corrected chi connectivity index (χ3v) is 8.81. The van der Waals surface area contributed by atoms with Crippen LogP contribution in [0.15, 0.2) is 77.0 Å². The lowest BCUT2D eigenvalue weighted by molar-refractivity contribution is -0.114. The monoisotopic (exact) mass is 567 g/mol. The highest BCUT2D eigenvalue weighted by atomic mass is 32.2. The van der Waals surface area contributed by atoms with Gasteiger partial charge in [0, 0.05) is 28.6 Å². The molecule has 41 heavy (non-hydrogen) atoms. The van der Waals surface area contributed by atoms with Gasteiger partial charge in [-0.3, -0.25) is 10.2 Å². The molecule has 210 valence electrons. The lowest BCUT2D eigenvalue weighted by Crippen LogP contribution is -2.35. The number of carbonyl (C=O) groups excluding carboxylic acids is 1. The summed E-state index contributed by atoms with van der Waals surface area (Å²) < 4.78 is 13.7. The van der Waals surface area contributed by atoms with Crippen molar-refractivity contribution in [2.75, 3.05) is 13.7 Å². The second-order valence-corrected chi connectivity index (χ2v) is 11.4. The number of aliphatic imine (C=N–C) groups is 1. The number of hydrazone groups is 1. The number of aromatic nitrogens is 1. The van der Waals surface area contributed by atoms with Gasteiger partial charge in [0.05, 0.1) is 19.2 Å². The fraction of sp³-hybridized carbons (Fsp3) is 0.312. The summed E-state index contributed by atoms with van der Waals surface area (Å²) in [7, 11) is 1.64. The molecule has 9 heteroatoms. The highest BCUT2D eigenvalue weighted by molar-refractivity contribution is 8.27. The van der Waals surface area contributed by atoms with Gasteiger partial charge in [-0.25, -0.2) is 0 Å². The van der Waals surface area contributed by atoms with Crippen molar-refractivity contribution in [1.29, 1.82) is 5.41 Å². The number of nitrogens with one attached hydrogen (secondary N) is 1. The summed E-state index contributed by atoms with van der Waals surface area (Å²) in [4.78, 5) is 17.4. The molecule has 0 saturated heterocycles. The van der Waals surface area contributed by atoms with Gasteiger partial charge in [0.15, 0.2) is 17.3 Å². The van der Waals surface area contributed by atoms with Gasteiger partial charge in [-0.1, -0.05) is 49.6 Å². The SMILES string of the molecule is C=CCc1ccc(OCCn2cc(/C=C3\C(=N)N4N=C(C5CCCCC5)SC4=NC3=O)c3ccccc32)c(OC)c1. The van der Waals surface area contributed by atoms with Crippen molar-refractivity contribution in [2.45, 2.75) is 45.1 Å². The van der Waals surface area contributed by atoms with Gasteiger partial charge in [-0.2, -0.15) is 15.1 Å². The second-order valence-electron chi connectivity index (χ2n) is 10.4. The van der Waals surface area contributed by atoms with Crippen molar-refractivity contribution in [1.82, 2.24) is 9.58 Å². The molecule has 3 aromatic rings. The van der Waals surface area contributed by atoms with Crippen LogP contribution in [0.1, 0.15) is 43.2 Å². The van der Waals surface area contributed by atoms with Crippen LogP contribution < -0.4 is 9.47 Å². The smallest absolute Gasteiger partial charge is 0.283 e. The Labute approximate surface area is 243 Å². The number of carbonyl (C=O) groups is 1. The fourth-order valence-corrected chi connectivity index (χ4v) is 6.69. The Kier molecular flexibility index (Phi) is 7.78. The van der Waals surface area contributed by atoms with E-state index < -0.39 is 5.91 Å². The van der Waals surface area contributed by atoms with Crippen molar-refractivity contribution < 1.29 is 14.3 Å². The molecule has 1 saturated carbocycles. The number of allylic oxidation sites excluding steroid dienone is 1. The summed E-state index contributed by atoms with van der Waals surface area (Å²) in [5.74, 6) is 1.44. The van der Waals surface area contributed by atoms with E-state index in [1.54, 1.807) is 13.2 Å². The number of amidine groups is 2. The summed E-state index contributed by atoms with van der Waals surface area (Å²) >= 11 is 1.44. The second kappa shape index (κ2) is 11.8. The van der Waals surface area contributed by atoms with Crippen LogP contribution >= 0.6 is 11.8 Å². The van der Waals surface area contributed by atoms with E-state index in [0.717, 1.165) is 46.3 Å². The minimum atomic E-state index is -0.402. The summed E-state index contributed by atoms with van der Waals surface area (Å²) in [6, 6.07) is 13.9. The highest BCUT2D eigenvalue weighted by Gasteiger charge is 2.38. The molecule has 0 unspecified atom stereocenters. The normalized spacial score (nSPS) is 18.5. The molecule has 8 nitrogen and oxygen atoms in total. The number of methoxy groups -OCH3 is 1.